The Balaban J connectivity index is 1.87. The molecule has 2 aromatic heterocycles. The minimum atomic E-state index is -4.39. The first-order valence-corrected chi connectivity index (χ1v) is 13.6. The average molecular weight is 509 g/mol. The summed E-state index contributed by atoms with van der Waals surface area (Å²) in [6, 6.07) is 7.37. The van der Waals surface area contributed by atoms with Crippen molar-refractivity contribution in [2.75, 3.05) is 34.9 Å². The molecule has 0 saturated carbocycles. The van der Waals surface area contributed by atoms with E-state index < -0.39 is 20.0 Å². The van der Waals surface area contributed by atoms with Crippen molar-refractivity contribution in [3.63, 3.8) is 0 Å². The van der Waals surface area contributed by atoms with Gasteiger partial charge in [0, 0.05) is 40.9 Å². The summed E-state index contributed by atoms with van der Waals surface area (Å²) in [6.45, 7) is 8.63. The molecule has 12 heteroatoms. The molecule has 1 aliphatic heterocycles. The van der Waals surface area contributed by atoms with Crippen molar-refractivity contribution < 1.29 is 26.0 Å². The van der Waals surface area contributed by atoms with Gasteiger partial charge in [0.25, 0.3) is 20.0 Å². The molecule has 0 radical (unpaired) electrons. The van der Waals surface area contributed by atoms with Gasteiger partial charge in [-0.1, -0.05) is 25.3 Å². The largest absolute Gasteiger partial charge is 0.439 e. The molecule has 33 heavy (non-hydrogen) atoms. The van der Waals surface area contributed by atoms with E-state index in [-0.39, 0.29) is 14.8 Å². The van der Waals surface area contributed by atoms with Crippen LogP contribution in [0.4, 0.5) is 11.6 Å². The van der Waals surface area contributed by atoms with E-state index in [1.165, 1.54) is 35.6 Å². The number of anilines is 2. The third-order valence-corrected chi connectivity index (χ3v) is 9.42. The van der Waals surface area contributed by atoms with E-state index in [0.29, 0.717) is 64.4 Å². The molecule has 3 heterocycles. The number of sulfonamides is 2. The van der Waals surface area contributed by atoms with Crippen molar-refractivity contribution in [1.29, 1.82) is 0 Å². The monoisotopic (exact) mass is 508 g/mol. The van der Waals surface area contributed by atoms with E-state index in [4.69, 9.17) is 9.15 Å². The number of hydrogen-bond acceptors (Lipinski definition) is 9. The molecule has 3 aromatic rings. The lowest BCUT2D eigenvalue weighted by Crippen LogP contribution is -2.36. The molecule has 0 atom stereocenters. The highest BCUT2D eigenvalue weighted by Crippen LogP contribution is 2.37. The second-order valence-corrected chi connectivity index (χ2v) is 11.6. The zero-order valence-electron chi connectivity index (χ0n) is 17.3. The van der Waals surface area contributed by atoms with Gasteiger partial charge in [0.05, 0.1) is 18.9 Å². The zero-order valence-corrected chi connectivity index (χ0v) is 19.8. The van der Waals surface area contributed by atoms with Crippen molar-refractivity contribution in [3.8, 4) is 11.1 Å². The van der Waals surface area contributed by atoms with Gasteiger partial charge < -0.3 is 14.1 Å². The van der Waals surface area contributed by atoms with Gasteiger partial charge in [-0.2, -0.15) is 3.71 Å². The van der Waals surface area contributed by atoms with Crippen LogP contribution in [0.3, 0.4) is 0 Å². The third-order valence-electron chi connectivity index (χ3n) is 5.00. The minimum Gasteiger partial charge on any atom is -0.439 e. The summed E-state index contributed by atoms with van der Waals surface area (Å²) in [5.74, 6) is 0.414. The molecular formula is C21H20N2O7S3. The molecule has 0 unspecified atom stereocenters. The summed E-state index contributed by atoms with van der Waals surface area (Å²) in [7, 11) is -8.78. The molecule has 0 bridgehead atoms. The summed E-state index contributed by atoms with van der Waals surface area (Å²) < 4.78 is 62.0. The number of hydrogen-bond donors (Lipinski definition) is 0. The van der Waals surface area contributed by atoms with Gasteiger partial charge in [0.1, 0.15) is 4.70 Å². The average Bonchev–Trinajstić information content (AvgIpc) is 3.24. The van der Waals surface area contributed by atoms with Crippen molar-refractivity contribution in [1.82, 2.24) is 0 Å². The molecule has 0 N–H and O–H groups in total. The first-order chi connectivity index (χ1) is 15.7. The predicted molar refractivity (Wildman–Crippen MR) is 130 cm³/mol. The van der Waals surface area contributed by atoms with Gasteiger partial charge in [-0.25, -0.2) is 16.8 Å². The zero-order chi connectivity index (χ0) is 23.8. The highest BCUT2D eigenvalue weighted by atomic mass is 32.3. The molecule has 0 aliphatic carbocycles. The second kappa shape index (κ2) is 8.78. The van der Waals surface area contributed by atoms with Crippen LogP contribution >= 0.6 is 11.3 Å². The Morgan fingerprint density at radius 2 is 1.70 bits per heavy atom. The van der Waals surface area contributed by atoms with E-state index >= 15 is 0 Å². The predicted octanol–water partition coefficient (Wildman–Crippen LogP) is 3.11. The first-order valence-electron chi connectivity index (χ1n) is 9.72. The topological polar surface area (TPSA) is 114 Å². The number of benzene rings is 1. The highest BCUT2D eigenvalue weighted by Gasteiger charge is 2.30. The number of morpholine rings is 1. The molecule has 1 aromatic carbocycles. The lowest BCUT2D eigenvalue weighted by Gasteiger charge is -2.27. The van der Waals surface area contributed by atoms with E-state index in [0.717, 1.165) is 0 Å². The molecule has 0 amide bonds. The minimum absolute atomic E-state index is 0.127. The number of nitrogens with zero attached hydrogens (tertiary/aromatic N) is 2. The van der Waals surface area contributed by atoms with Gasteiger partial charge in [-0.15, -0.1) is 11.3 Å². The Hall–Kier alpha value is -2.93. The van der Waals surface area contributed by atoms with Gasteiger partial charge in [0.2, 0.25) is 5.43 Å². The number of rotatable bonds is 7. The Morgan fingerprint density at radius 1 is 1.03 bits per heavy atom. The van der Waals surface area contributed by atoms with Gasteiger partial charge in [-0.3, -0.25) is 4.79 Å². The Morgan fingerprint density at radius 3 is 2.33 bits per heavy atom. The molecule has 1 aliphatic rings. The molecule has 4 rings (SSSR count). The molecule has 174 valence electrons. The van der Waals surface area contributed by atoms with Crippen LogP contribution in [-0.4, -0.2) is 43.1 Å². The maximum Gasteiger partial charge on any atom is 0.270 e. The molecule has 1 saturated heterocycles. The maximum atomic E-state index is 12.7. The third kappa shape index (κ3) is 4.34. The van der Waals surface area contributed by atoms with Crippen molar-refractivity contribution >= 4 is 53.2 Å². The van der Waals surface area contributed by atoms with Gasteiger partial charge in [-0.05, 0) is 17.7 Å². The standard InChI is InChI=1S/C21H20N2O7S3/c1-3-32(25,26)23(33(27,28)4-2)16-7-5-6-15(12-16)17-14-31-21-18(24)13-19(30-20(17)21)22-8-10-29-11-9-22/h3-7,12-14H,1-2,8-11H2. The van der Waals surface area contributed by atoms with Crippen molar-refractivity contribution in [2.45, 2.75) is 0 Å². The maximum absolute atomic E-state index is 12.7. The Bertz CT molecular complexity index is 1460. The highest BCUT2D eigenvalue weighted by molar-refractivity contribution is 8.12. The lowest BCUT2D eigenvalue weighted by atomic mass is 10.1. The van der Waals surface area contributed by atoms with Crippen LogP contribution in [0, 0.1) is 0 Å². The number of thiophene rings is 1. The molecule has 9 nitrogen and oxygen atoms in total. The quantitative estimate of drug-likeness (QED) is 0.478. The number of ether oxygens (including phenoxy) is 1. The summed E-state index contributed by atoms with van der Waals surface area (Å²) in [5, 5.41) is 2.81. The Labute approximate surface area is 194 Å². The fourth-order valence-electron chi connectivity index (χ4n) is 3.43. The Kier molecular flexibility index (Phi) is 6.18. The molecule has 1 fully saturated rings. The van der Waals surface area contributed by atoms with Crippen molar-refractivity contribution in [2.24, 2.45) is 0 Å². The van der Waals surface area contributed by atoms with Crippen LogP contribution in [0.5, 0.6) is 0 Å². The van der Waals surface area contributed by atoms with E-state index in [1.807, 2.05) is 4.90 Å². The number of fused-ring (bicyclic) bond motifs is 1. The fourth-order valence-corrected chi connectivity index (χ4v) is 6.95. The molecule has 0 spiro atoms. The lowest BCUT2D eigenvalue weighted by molar-refractivity contribution is 0.121. The summed E-state index contributed by atoms with van der Waals surface area (Å²) in [6.07, 6.45) is 0. The second-order valence-electron chi connectivity index (χ2n) is 7.03. The summed E-state index contributed by atoms with van der Waals surface area (Å²) in [4.78, 5) is 14.6. The first kappa shape index (κ1) is 23.2. The molecular weight excluding hydrogens is 488 g/mol. The fraction of sp³-hybridized carbons (Fsp3) is 0.190. The van der Waals surface area contributed by atoms with Gasteiger partial charge in [0.15, 0.2) is 11.5 Å². The van der Waals surface area contributed by atoms with Crippen LogP contribution in [0.1, 0.15) is 0 Å². The van der Waals surface area contributed by atoms with Gasteiger partial charge >= 0.3 is 0 Å². The van der Waals surface area contributed by atoms with Crippen LogP contribution in [-0.2, 0) is 24.8 Å². The van der Waals surface area contributed by atoms with Crippen LogP contribution < -0.4 is 14.0 Å². The van der Waals surface area contributed by atoms with Crippen molar-refractivity contribution in [3.05, 3.63) is 69.9 Å². The van der Waals surface area contributed by atoms with Crippen LogP contribution in [0.2, 0.25) is 0 Å². The normalized spacial score (nSPS) is 14.8. The van der Waals surface area contributed by atoms with Crippen LogP contribution in [0.15, 0.2) is 68.9 Å². The summed E-state index contributed by atoms with van der Waals surface area (Å²) >= 11 is 1.19. The summed E-state index contributed by atoms with van der Waals surface area (Å²) in [5.41, 5.74) is 1.03. The van der Waals surface area contributed by atoms with E-state index in [2.05, 4.69) is 13.2 Å². The SMILES string of the molecule is C=CS(=O)(=O)N(c1cccc(-c2csc3c(=O)cc(N4CCOCC4)oc23)c1)S(=O)(=O)C=C. The van der Waals surface area contributed by atoms with Crippen LogP contribution in [0.25, 0.3) is 21.4 Å². The smallest absolute Gasteiger partial charge is 0.270 e. The van der Waals surface area contributed by atoms with E-state index in [9.17, 15) is 21.6 Å². The van der Waals surface area contributed by atoms with E-state index in [1.54, 1.807) is 11.4 Å².